The van der Waals surface area contributed by atoms with E-state index in [-0.39, 0.29) is 18.0 Å². The predicted molar refractivity (Wildman–Crippen MR) is 74.3 cm³/mol. The molecule has 20 heavy (non-hydrogen) atoms. The van der Waals surface area contributed by atoms with Gasteiger partial charge in [-0.1, -0.05) is 6.92 Å². The molecule has 0 saturated carbocycles. The average Bonchev–Trinajstić information content (AvgIpc) is 2.45. The van der Waals surface area contributed by atoms with Gasteiger partial charge >= 0.3 is 5.69 Å². The van der Waals surface area contributed by atoms with Crippen molar-refractivity contribution in [3.8, 4) is 11.5 Å². The molecule has 0 radical (unpaired) electrons. The zero-order valence-electron chi connectivity index (χ0n) is 11.7. The number of methoxy groups -OCH3 is 1. The number of ether oxygens (including phenoxy) is 2. The second-order valence-electron chi connectivity index (χ2n) is 4.26. The summed E-state index contributed by atoms with van der Waals surface area (Å²) in [6.45, 7) is 3.35. The molecule has 2 N–H and O–H groups in total. The molecule has 0 amide bonds. The second-order valence-corrected chi connectivity index (χ2v) is 4.26. The van der Waals surface area contributed by atoms with Crippen LogP contribution in [0.2, 0.25) is 0 Å². The van der Waals surface area contributed by atoms with Crippen LogP contribution in [0.3, 0.4) is 0 Å². The van der Waals surface area contributed by atoms with Crippen LogP contribution in [-0.4, -0.2) is 42.9 Å². The van der Waals surface area contributed by atoms with Crippen LogP contribution in [0.15, 0.2) is 18.2 Å². The van der Waals surface area contributed by atoms with Gasteiger partial charge in [0.1, 0.15) is 18.5 Å². The van der Waals surface area contributed by atoms with Crippen LogP contribution in [-0.2, 0) is 0 Å². The Bertz CT molecular complexity index is 439. The van der Waals surface area contributed by atoms with Gasteiger partial charge in [-0.15, -0.1) is 0 Å². The lowest BCUT2D eigenvalue weighted by molar-refractivity contribution is -0.385. The fourth-order valence-electron chi connectivity index (χ4n) is 1.60. The van der Waals surface area contributed by atoms with E-state index in [1.54, 1.807) is 6.07 Å². The molecule has 1 rings (SSSR count). The summed E-state index contributed by atoms with van der Waals surface area (Å²) in [5, 5.41) is 23.6. The molecule has 1 unspecified atom stereocenters. The van der Waals surface area contributed by atoms with Crippen molar-refractivity contribution in [1.29, 1.82) is 0 Å². The number of benzene rings is 1. The molecule has 0 heterocycles. The fourth-order valence-corrected chi connectivity index (χ4v) is 1.60. The van der Waals surface area contributed by atoms with Gasteiger partial charge in [-0.3, -0.25) is 10.1 Å². The van der Waals surface area contributed by atoms with Gasteiger partial charge in [-0.2, -0.15) is 0 Å². The highest BCUT2D eigenvalue weighted by Gasteiger charge is 2.16. The van der Waals surface area contributed by atoms with Crippen molar-refractivity contribution < 1.29 is 19.5 Å². The third kappa shape index (κ3) is 5.02. The van der Waals surface area contributed by atoms with E-state index in [0.29, 0.717) is 12.3 Å². The van der Waals surface area contributed by atoms with E-state index >= 15 is 0 Å². The highest BCUT2D eigenvalue weighted by molar-refractivity contribution is 5.50. The van der Waals surface area contributed by atoms with Gasteiger partial charge in [0.25, 0.3) is 0 Å². The summed E-state index contributed by atoms with van der Waals surface area (Å²) < 4.78 is 10.2. The Balaban J connectivity index is 2.56. The molecule has 7 heteroatoms. The zero-order chi connectivity index (χ0) is 15.0. The Morgan fingerprint density at radius 1 is 1.50 bits per heavy atom. The monoisotopic (exact) mass is 284 g/mol. The molecule has 1 aromatic carbocycles. The lowest BCUT2D eigenvalue weighted by atomic mass is 10.2. The number of hydrogen-bond donors (Lipinski definition) is 2. The molecule has 0 aliphatic carbocycles. The number of nitrogens with one attached hydrogen (secondary N) is 1. The number of aliphatic hydroxyl groups is 1. The van der Waals surface area contributed by atoms with Gasteiger partial charge in [0.05, 0.1) is 18.1 Å². The smallest absolute Gasteiger partial charge is 0.314 e. The van der Waals surface area contributed by atoms with Crippen molar-refractivity contribution in [1.82, 2.24) is 5.32 Å². The van der Waals surface area contributed by atoms with Gasteiger partial charge in [-0.05, 0) is 25.1 Å². The van der Waals surface area contributed by atoms with Gasteiger partial charge < -0.3 is 19.9 Å². The largest absolute Gasteiger partial charge is 0.491 e. The predicted octanol–water partition coefficient (Wildman–Crippen LogP) is 1.34. The first-order valence-electron chi connectivity index (χ1n) is 6.42. The first kappa shape index (κ1) is 16.2. The lowest BCUT2D eigenvalue weighted by Gasteiger charge is -2.13. The molecular formula is C13H20N2O5. The summed E-state index contributed by atoms with van der Waals surface area (Å²) in [4.78, 5) is 10.3. The minimum absolute atomic E-state index is 0.0696. The Kier molecular flexibility index (Phi) is 6.75. The fraction of sp³-hybridized carbons (Fsp3) is 0.538. The molecule has 1 aromatic rings. The molecular weight excluding hydrogens is 264 g/mol. The number of rotatable bonds is 9. The number of hydrogen-bond acceptors (Lipinski definition) is 6. The van der Waals surface area contributed by atoms with Crippen LogP contribution in [0, 0.1) is 10.1 Å². The highest BCUT2D eigenvalue weighted by atomic mass is 16.6. The van der Waals surface area contributed by atoms with E-state index in [1.165, 1.54) is 19.2 Å². The van der Waals surface area contributed by atoms with Crippen LogP contribution < -0.4 is 14.8 Å². The standard InChI is InChI=1S/C13H20N2O5/c1-3-6-14-8-10(16)9-20-11-4-5-13(19-2)12(7-11)15(17)18/h4-5,7,10,14,16H,3,6,8-9H2,1-2H3. The summed E-state index contributed by atoms with van der Waals surface area (Å²) in [5.74, 6) is 0.500. The van der Waals surface area contributed by atoms with Crippen molar-refractivity contribution >= 4 is 5.69 Å². The summed E-state index contributed by atoms with van der Waals surface area (Å²) >= 11 is 0. The number of nitrogens with zero attached hydrogens (tertiary/aromatic N) is 1. The molecule has 0 spiro atoms. The van der Waals surface area contributed by atoms with Gasteiger partial charge in [0.15, 0.2) is 5.75 Å². The van der Waals surface area contributed by atoms with E-state index in [9.17, 15) is 15.2 Å². The van der Waals surface area contributed by atoms with E-state index in [0.717, 1.165) is 13.0 Å². The lowest BCUT2D eigenvalue weighted by Crippen LogP contribution is -2.31. The Labute approximate surface area is 117 Å². The molecule has 7 nitrogen and oxygen atoms in total. The molecule has 0 aliphatic rings. The van der Waals surface area contributed by atoms with Gasteiger partial charge in [0.2, 0.25) is 0 Å². The zero-order valence-corrected chi connectivity index (χ0v) is 11.7. The molecule has 1 atom stereocenters. The number of nitro benzene ring substituents is 1. The molecule has 0 aromatic heterocycles. The minimum Gasteiger partial charge on any atom is -0.491 e. The topological polar surface area (TPSA) is 93.9 Å². The second kappa shape index (κ2) is 8.34. The Hall–Kier alpha value is -1.86. The van der Waals surface area contributed by atoms with Gasteiger partial charge in [0, 0.05) is 6.54 Å². The van der Waals surface area contributed by atoms with Crippen molar-refractivity contribution in [2.45, 2.75) is 19.4 Å². The van der Waals surface area contributed by atoms with E-state index in [4.69, 9.17) is 9.47 Å². The van der Waals surface area contributed by atoms with Crippen LogP contribution in [0.25, 0.3) is 0 Å². The summed E-state index contributed by atoms with van der Waals surface area (Å²) in [5.41, 5.74) is -0.163. The van der Waals surface area contributed by atoms with Crippen molar-refractivity contribution in [3.63, 3.8) is 0 Å². The normalized spacial score (nSPS) is 11.9. The Morgan fingerprint density at radius 2 is 2.25 bits per heavy atom. The van der Waals surface area contributed by atoms with Crippen molar-refractivity contribution in [2.24, 2.45) is 0 Å². The van der Waals surface area contributed by atoms with E-state index in [2.05, 4.69) is 5.32 Å². The quantitative estimate of drug-likeness (QED) is 0.404. The summed E-state index contributed by atoms with van der Waals surface area (Å²) in [7, 11) is 1.37. The van der Waals surface area contributed by atoms with E-state index < -0.39 is 11.0 Å². The third-order valence-electron chi connectivity index (χ3n) is 2.60. The van der Waals surface area contributed by atoms with Crippen LogP contribution in [0.5, 0.6) is 11.5 Å². The van der Waals surface area contributed by atoms with Crippen molar-refractivity contribution in [2.75, 3.05) is 26.8 Å². The summed E-state index contributed by atoms with van der Waals surface area (Å²) in [6, 6.07) is 4.32. The number of nitro groups is 1. The molecule has 112 valence electrons. The first-order chi connectivity index (χ1) is 9.58. The first-order valence-corrected chi connectivity index (χ1v) is 6.42. The highest BCUT2D eigenvalue weighted by Crippen LogP contribution is 2.30. The van der Waals surface area contributed by atoms with Crippen LogP contribution in [0.4, 0.5) is 5.69 Å². The maximum absolute atomic E-state index is 10.9. The molecule has 0 aliphatic heterocycles. The third-order valence-corrected chi connectivity index (χ3v) is 2.60. The van der Waals surface area contributed by atoms with Gasteiger partial charge in [-0.25, -0.2) is 0 Å². The molecule has 0 bridgehead atoms. The summed E-state index contributed by atoms with van der Waals surface area (Å²) in [6.07, 6.45) is 0.320. The minimum atomic E-state index is -0.664. The Morgan fingerprint density at radius 3 is 2.85 bits per heavy atom. The van der Waals surface area contributed by atoms with Crippen LogP contribution in [0.1, 0.15) is 13.3 Å². The maximum Gasteiger partial charge on any atom is 0.314 e. The van der Waals surface area contributed by atoms with Crippen molar-refractivity contribution in [3.05, 3.63) is 28.3 Å². The SMILES string of the molecule is CCCNCC(O)COc1ccc(OC)c([N+](=O)[O-])c1. The number of aliphatic hydroxyl groups excluding tert-OH is 1. The van der Waals surface area contributed by atoms with E-state index in [1.807, 2.05) is 6.92 Å². The average molecular weight is 284 g/mol. The molecule has 0 fully saturated rings. The molecule has 0 saturated heterocycles. The maximum atomic E-state index is 10.9. The van der Waals surface area contributed by atoms with Crippen LogP contribution >= 0.6 is 0 Å².